The molecule has 0 fully saturated rings. The second-order valence-corrected chi connectivity index (χ2v) is 5.60. The van der Waals surface area contributed by atoms with Crippen LogP contribution in [0.5, 0.6) is 0 Å². The van der Waals surface area contributed by atoms with E-state index in [9.17, 15) is 10.1 Å². The highest BCUT2D eigenvalue weighted by Gasteiger charge is 2.15. The normalized spacial score (nSPS) is 11.1. The standard InChI is InChI=1S/C17H11N3O3S/c1-22-17(21)13-6-3-2-5-11(13)9-12(10-18)16-19-15(20-23-16)14-7-4-8-24-14/h2-9H,1H3/b12-9+. The van der Waals surface area contributed by atoms with Crippen molar-refractivity contribution in [2.75, 3.05) is 7.11 Å². The second-order valence-electron chi connectivity index (χ2n) is 4.65. The molecule has 2 aromatic heterocycles. The number of carbonyl (C=O) groups excluding carboxylic acids is 1. The van der Waals surface area contributed by atoms with Gasteiger partial charge in [0, 0.05) is 0 Å². The maximum Gasteiger partial charge on any atom is 0.338 e. The van der Waals surface area contributed by atoms with Crippen LogP contribution < -0.4 is 0 Å². The lowest BCUT2D eigenvalue weighted by molar-refractivity contribution is 0.0600. The summed E-state index contributed by atoms with van der Waals surface area (Å²) in [4.78, 5) is 16.9. The Morgan fingerprint density at radius 2 is 2.17 bits per heavy atom. The number of nitrogens with zero attached hydrogens (tertiary/aromatic N) is 3. The molecule has 3 aromatic rings. The number of thiophene rings is 1. The number of allylic oxidation sites excluding steroid dienone is 1. The zero-order valence-corrected chi connectivity index (χ0v) is 13.4. The number of nitriles is 1. The number of hydrogen-bond donors (Lipinski definition) is 0. The molecule has 0 aliphatic heterocycles. The molecule has 0 aliphatic rings. The van der Waals surface area contributed by atoms with Gasteiger partial charge in [-0.15, -0.1) is 11.3 Å². The summed E-state index contributed by atoms with van der Waals surface area (Å²) >= 11 is 1.47. The largest absolute Gasteiger partial charge is 0.465 e. The van der Waals surface area contributed by atoms with E-state index in [4.69, 9.17) is 9.26 Å². The van der Waals surface area contributed by atoms with Crippen LogP contribution in [0.4, 0.5) is 0 Å². The highest BCUT2D eigenvalue weighted by molar-refractivity contribution is 7.13. The summed E-state index contributed by atoms with van der Waals surface area (Å²) in [5.74, 6) is 0.0342. The van der Waals surface area contributed by atoms with Crippen LogP contribution in [0.25, 0.3) is 22.4 Å². The van der Waals surface area contributed by atoms with Gasteiger partial charge in [-0.2, -0.15) is 10.2 Å². The lowest BCUT2D eigenvalue weighted by Crippen LogP contribution is -2.03. The van der Waals surface area contributed by atoms with Crippen LogP contribution in [-0.4, -0.2) is 23.2 Å². The molecular weight excluding hydrogens is 326 g/mol. The zero-order valence-electron chi connectivity index (χ0n) is 12.6. The average molecular weight is 337 g/mol. The lowest BCUT2D eigenvalue weighted by atomic mass is 10.0. The predicted octanol–water partition coefficient (Wildman–Crippen LogP) is 3.65. The Balaban J connectivity index is 2.00. The maximum absolute atomic E-state index is 11.8. The molecule has 0 amide bonds. The number of benzene rings is 1. The van der Waals surface area contributed by atoms with Gasteiger partial charge in [0.1, 0.15) is 11.6 Å². The molecule has 0 aliphatic carbocycles. The SMILES string of the molecule is COC(=O)c1ccccc1/C=C(\C#N)c1nc(-c2cccs2)no1. The number of methoxy groups -OCH3 is 1. The van der Waals surface area contributed by atoms with E-state index in [0.29, 0.717) is 17.0 Å². The van der Waals surface area contributed by atoms with Crippen LogP contribution in [0, 0.1) is 11.3 Å². The van der Waals surface area contributed by atoms with E-state index >= 15 is 0 Å². The summed E-state index contributed by atoms with van der Waals surface area (Å²) in [6.45, 7) is 0. The summed E-state index contributed by atoms with van der Waals surface area (Å²) < 4.78 is 9.93. The van der Waals surface area contributed by atoms with Gasteiger partial charge in [-0.1, -0.05) is 29.4 Å². The predicted molar refractivity (Wildman–Crippen MR) is 88.9 cm³/mol. The van der Waals surface area contributed by atoms with E-state index in [1.165, 1.54) is 24.5 Å². The fourth-order valence-electron chi connectivity index (χ4n) is 2.05. The number of ether oxygens (including phenoxy) is 1. The van der Waals surface area contributed by atoms with Gasteiger partial charge in [0.15, 0.2) is 0 Å². The Kier molecular flexibility index (Phi) is 4.50. The Bertz CT molecular complexity index is 936. The van der Waals surface area contributed by atoms with Gasteiger partial charge in [0.2, 0.25) is 5.82 Å². The van der Waals surface area contributed by atoms with Gasteiger partial charge in [0.05, 0.1) is 17.6 Å². The average Bonchev–Trinajstić information content (AvgIpc) is 3.30. The minimum absolute atomic E-state index is 0.0977. The monoisotopic (exact) mass is 337 g/mol. The van der Waals surface area contributed by atoms with Crippen molar-refractivity contribution < 1.29 is 14.1 Å². The molecule has 0 saturated heterocycles. The minimum Gasteiger partial charge on any atom is -0.465 e. The number of hydrogen-bond acceptors (Lipinski definition) is 7. The number of esters is 1. The second kappa shape index (κ2) is 6.89. The number of aromatic nitrogens is 2. The molecular formula is C17H11N3O3S. The third-order valence-electron chi connectivity index (χ3n) is 3.18. The molecule has 24 heavy (non-hydrogen) atoms. The van der Waals surface area contributed by atoms with Gasteiger partial charge < -0.3 is 9.26 Å². The van der Waals surface area contributed by atoms with Crippen molar-refractivity contribution in [1.82, 2.24) is 10.1 Å². The van der Waals surface area contributed by atoms with Crippen molar-refractivity contribution in [2.45, 2.75) is 0 Å². The molecule has 0 unspecified atom stereocenters. The lowest BCUT2D eigenvalue weighted by Gasteiger charge is -2.03. The first-order chi connectivity index (χ1) is 11.7. The van der Waals surface area contributed by atoms with E-state index in [-0.39, 0.29) is 11.5 Å². The van der Waals surface area contributed by atoms with Crippen LogP contribution in [0.3, 0.4) is 0 Å². The highest BCUT2D eigenvalue weighted by Crippen LogP contribution is 2.25. The maximum atomic E-state index is 11.8. The molecule has 0 N–H and O–H groups in total. The van der Waals surface area contributed by atoms with Crippen molar-refractivity contribution in [1.29, 1.82) is 5.26 Å². The minimum atomic E-state index is -0.482. The molecule has 0 spiro atoms. The Morgan fingerprint density at radius 1 is 1.33 bits per heavy atom. The fraction of sp³-hybridized carbons (Fsp3) is 0.0588. The summed E-state index contributed by atoms with van der Waals surface area (Å²) in [5, 5.41) is 15.2. The van der Waals surface area contributed by atoms with E-state index in [1.54, 1.807) is 24.3 Å². The Labute approximate surface area is 141 Å². The van der Waals surface area contributed by atoms with Gasteiger partial charge >= 0.3 is 5.97 Å². The summed E-state index contributed by atoms with van der Waals surface area (Å²) in [6.07, 6.45) is 1.53. The van der Waals surface area contributed by atoms with Crippen molar-refractivity contribution in [3.63, 3.8) is 0 Å². The number of rotatable bonds is 4. The molecule has 7 heteroatoms. The van der Waals surface area contributed by atoms with Crippen molar-refractivity contribution >= 4 is 29.0 Å². The smallest absolute Gasteiger partial charge is 0.338 e. The molecule has 118 valence electrons. The molecule has 2 heterocycles. The Morgan fingerprint density at radius 3 is 2.88 bits per heavy atom. The summed E-state index contributed by atoms with van der Waals surface area (Å²) in [6, 6.07) is 12.6. The van der Waals surface area contributed by atoms with E-state index in [2.05, 4.69) is 10.1 Å². The molecule has 3 rings (SSSR count). The third-order valence-corrected chi connectivity index (χ3v) is 4.05. The summed E-state index contributed by atoms with van der Waals surface area (Å²) in [5.41, 5.74) is 1.06. The van der Waals surface area contributed by atoms with Gasteiger partial charge in [-0.05, 0) is 29.2 Å². The first-order valence-electron chi connectivity index (χ1n) is 6.90. The summed E-state index contributed by atoms with van der Waals surface area (Å²) in [7, 11) is 1.30. The third kappa shape index (κ3) is 3.09. The number of carbonyl (C=O) groups is 1. The van der Waals surface area contributed by atoms with Crippen molar-refractivity contribution in [2.24, 2.45) is 0 Å². The van der Waals surface area contributed by atoms with Crippen molar-refractivity contribution in [3.8, 4) is 16.8 Å². The van der Waals surface area contributed by atoms with Gasteiger partial charge in [-0.3, -0.25) is 0 Å². The topological polar surface area (TPSA) is 89.0 Å². The quantitative estimate of drug-likeness (QED) is 0.533. The highest BCUT2D eigenvalue weighted by atomic mass is 32.1. The van der Waals surface area contributed by atoms with Crippen LogP contribution >= 0.6 is 11.3 Å². The van der Waals surface area contributed by atoms with E-state index in [0.717, 1.165) is 4.88 Å². The van der Waals surface area contributed by atoms with E-state index < -0.39 is 5.97 Å². The molecule has 0 radical (unpaired) electrons. The molecule has 6 nitrogen and oxygen atoms in total. The van der Waals surface area contributed by atoms with Crippen LogP contribution in [-0.2, 0) is 4.74 Å². The first kappa shape index (κ1) is 15.6. The molecule has 0 bridgehead atoms. The van der Waals surface area contributed by atoms with Crippen molar-refractivity contribution in [3.05, 3.63) is 58.8 Å². The fourth-order valence-corrected chi connectivity index (χ4v) is 2.70. The molecule has 0 saturated carbocycles. The first-order valence-corrected chi connectivity index (χ1v) is 7.78. The van der Waals surface area contributed by atoms with Crippen LogP contribution in [0.1, 0.15) is 21.8 Å². The van der Waals surface area contributed by atoms with Gasteiger partial charge in [-0.25, -0.2) is 4.79 Å². The molecule has 0 atom stereocenters. The zero-order chi connectivity index (χ0) is 16.9. The van der Waals surface area contributed by atoms with Gasteiger partial charge in [0.25, 0.3) is 5.89 Å². The van der Waals surface area contributed by atoms with Crippen LogP contribution in [0.2, 0.25) is 0 Å². The van der Waals surface area contributed by atoms with Crippen LogP contribution in [0.15, 0.2) is 46.3 Å². The van der Waals surface area contributed by atoms with E-state index in [1.807, 2.05) is 23.6 Å². The molecule has 1 aromatic carbocycles. The Hall–Kier alpha value is -3.24.